The molecule has 0 spiro atoms. The van der Waals surface area contributed by atoms with Gasteiger partial charge in [0.15, 0.2) is 11.5 Å². The molecule has 1 aliphatic rings. The summed E-state index contributed by atoms with van der Waals surface area (Å²) in [6.07, 6.45) is 0. The van der Waals surface area contributed by atoms with Gasteiger partial charge >= 0.3 is 0 Å². The number of benzene rings is 2. The van der Waals surface area contributed by atoms with Crippen molar-refractivity contribution in [2.24, 2.45) is 0 Å². The maximum atomic E-state index is 12.3. The van der Waals surface area contributed by atoms with Crippen molar-refractivity contribution in [3.63, 3.8) is 0 Å². The molecule has 144 valence electrons. The summed E-state index contributed by atoms with van der Waals surface area (Å²) in [6, 6.07) is 11.8. The molecule has 27 heavy (non-hydrogen) atoms. The van der Waals surface area contributed by atoms with Crippen LogP contribution in [0.1, 0.15) is 23.6 Å². The fraction of sp³-hybridized carbons (Fsp3) is 0.316. The van der Waals surface area contributed by atoms with Gasteiger partial charge in [-0.3, -0.25) is 4.79 Å². The first-order chi connectivity index (χ1) is 12.8. The highest BCUT2D eigenvalue weighted by molar-refractivity contribution is 7.88. The van der Waals surface area contributed by atoms with Crippen LogP contribution in [0.3, 0.4) is 0 Å². The van der Waals surface area contributed by atoms with Crippen LogP contribution >= 0.6 is 0 Å². The third-order valence-electron chi connectivity index (χ3n) is 4.26. The largest absolute Gasteiger partial charge is 0.454 e. The van der Waals surface area contributed by atoms with Gasteiger partial charge < -0.3 is 14.8 Å². The van der Waals surface area contributed by atoms with Crippen LogP contribution in [0.15, 0.2) is 42.5 Å². The lowest BCUT2D eigenvalue weighted by molar-refractivity contribution is -0.122. The monoisotopic (exact) mass is 390 g/mol. The quantitative estimate of drug-likeness (QED) is 0.753. The van der Waals surface area contributed by atoms with Gasteiger partial charge in [-0.15, -0.1) is 0 Å². The summed E-state index contributed by atoms with van der Waals surface area (Å²) in [7, 11) is -3.64. The summed E-state index contributed by atoms with van der Waals surface area (Å²) >= 11 is 0. The lowest BCUT2D eigenvalue weighted by Gasteiger charge is -2.15. The molecule has 2 N–H and O–H groups in total. The molecule has 0 bridgehead atoms. The summed E-state index contributed by atoms with van der Waals surface area (Å²) in [6.45, 7) is 3.82. The molecule has 2 aromatic carbocycles. The Morgan fingerprint density at radius 2 is 1.89 bits per heavy atom. The van der Waals surface area contributed by atoms with Crippen molar-refractivity contribution in [2.45, 2.75) is 32.2 Å². The molecule has 3 rings (SSSR count). The van der Waals surface area contributed by atoms with E-state index in [4.69, 9.17) is 9.47 Å². The second kappa shape index (κ2) is 7.98. The third-order valence-corrected chi connectivity index (χ3v) is 5.66. The van der Waals surface area contributed by atoms with Gasteiger partial charge in [-0.25, -0.2) is 13.1 Å². The van der Waals surface area contributed by atoms with Crippen LogP contribution in [0.2, 0.25) is 0 Å². The molecule has 2 aromatic rings. The predicted octanol–water partition coefficient (Wildman–Crippen LogP) is 1.85. The van der Waals surface area contributed by atoms with E-state index in [1.165, 1.54) is 6.92 Å². The number of carbonyl (C=O) groups is 1. The number of nitrogens with one attached hydrogen (secondary N) is 2. The highest BCUT2D eigenvalue weighted by atomic mass is 32.2. The van der Waals surface area contributed by atoms with Crippen molar-refractivity contribution in [3.8, 4) is 11.5 Å². The molecule has 0 unspecified atom stereocenters. The average molecular weight is 390 g/mol. The summed E-state index contributed by atoms with van der Waals surface area (Å²) < 4.78 is 37.7. The van der Waals surface area contributed by atoms with Crippen molar-refractivity contribution in [1.82, 2.24) is 10.0 Å². The van der Waals surface area contributed by atoms with Gasteiger partial charge in [0, 0.05) is 6.54 Å². The van der Waals surface area contributed by atoms with Crippen molar-refractivity contribution < 1.29 is 22.7 Å². The van der Waals surface area contributed by atoms with Crippen LogP contribution < -0.4 is 19.5 Å². The normalized spacial score (nSPS) is 14.0. The fourth-order valence-corrected chi connectivity index (χ4v) is 4.20. The minimum Gasteiger partial charge on any atom is -0.454 e. The number of carbonyl (C=O) groups excluding carboxylic acids is 1. The molecule has 1 aliphatic heterocycles. The number of amides is 1. The maximum Gasteiger partial charge on any atom is 0.238 e. The Balaban J connectivity index is 1.54. The minimum absolute atomic E-state index is 0.167. The standard InChI is InChI=1S/C19H22N2O5S/c1-13-5-3-4-6-16(13)11-27(23,24)21-14(2)19(22)20-10-15-7-8-17-18(9-15)26-12-25-17/h3-9,14,21H,10-12H2,1-2H3,(H,20,22)/t14-/m0/s1. The van der Waals surface area contributed by atoms with Gasteiger partial charge in [0.05, 0.1) is 11.8 Å². The number of sulfonamides is 1. The molecule has 0 aliphatic carbocycles. The molecule has 0 radical (unpaired) electrons. The number of hydrogen-bond donors (Lipinski definition) is 2. The van der Waals surface area contributed by atoms with Crippen molar-refractivity contribution in [2.75, 3.05) is 6.79 Å². The zero-order valence-corrected chi connectivity index (χ0v) is 16.0. The van der Waals surface area contributed by atoms with E-state index in [1.807, 2.05) is 25.1 Å². The molecule has 0 saturated carbocycles. The van der Waals surface area contributed by atoms with Crippen LogP contribution in [0, 0.1) is 6.92 Å². The number of ether oxygens (including phenoxy) is 2. The van der Waals surface area contributed by atoms with E-state index in [0.29, 0.717) is 17.1 Å². The highest BCUT2D eigenvalue weighted by Crippen LogP contribution is 2.32. The third kappa shape index (κ3) is 4.99. The van der Waals surface area contributed by atoms with Crippen LogP contribution in [0.25, 0.3) is 0 Å². The predicted molar refractivity (Wildman–Crippen MR) is 101 cm³/mol. The highest BCUT2D eigenvalue weighted by Gasteiger charge is 2.21. The van der Waals surface area contributed by atoms with E-state index in [9.17, 15) is 13.2 Å². The number of hydrogen-bond acceptors (Lipinski definition) is 5. The van der Waals surface area contributed by atoms with Crippen molar-refractivity contribution in [3.05, 3.63) is 59.2 Å². The minimum atomic E-state index is -3.64. The first kappa shape index (κ1) is 19.2. The van der Waals surface area contributed by atoms with Gasteiger partial charge in [0.1, 0.15) is 0 Å². The fourth-order valence-electron chi connectivity index (χ4n) is 2.73. The molecule has 1 atom stereocenters. The van der Waals surface area contributed by atoms with Gasteiger partial charge in [-0.05, 0) is 42.7 Å². The van der Waals surface area contributed by atoms with Gasteiger partial charge in [-0.1, -0.05) is 30.3 Å². The molecule has 8 heteroatoms. The van der Waals surface area contributed by atoms with Gasteiger partial charge in [0.2, 0.25) is 22.7 Å². The van der Waals surface area contributed by atoms with E-state index in [2.05, 4.69) is 10.0 Å². The maximum absolute atomic E-state index is 12.3. The van der Waals surface area contributed by atoms with Crippen LogP contribution in [0.5, 0.6) is 11.5 Å². The van der Waals surface area contributed by atoms with E-state index in [0.717, 1.165) is 11.1 Å². The number of rotatable bonds is 7. The molecule has 0 saturated heterocycles. The number of fused-ring (bicyclic) bond motifs is 1. The summed E-state index contributed by atoms with van der Waals surface area (Å²) in [5, 5.41) is 2.73. The molecule has 1 amide bonds. The Hall–Kier alpha value is -2.58. The summed E-state index contributed by atoms with van der Waals surface area (Å²) in [5.41, 5.74) is 2.43. The molecular formula is C19H22N2O5S. The van der Waals surface area contributed by atoms with Crippen molar-refractivity contribution >= 4 is 15.9 Å². The van der Waals surface area contributed by atoms with Gasteiger partial charge in [-0.2, -0.15) is 0 Å². The Morgan fingerprint density at radius 1 is 1.15 bits per heavy atom. The van der Waals surface area contributed by atoms with Gasteiger partial charge in [0.25, 0.3) is 0 Å². The van der Waals surface area contributed by atoms with E-state index < -0.39 is 22.0 Å². The molecule has 0 fully saturated rings. The Bertz CT molecular complexity index is 943. The van der Waals surface area contributed by atoms with E-state index in [-0.39, 0.29) is 19.1 Å². The summed E-state index contributed by atoms with van der Waals surface area (Å²) in [5.74, 6) is 0.733. The number of aryl methyl sites for hydroxylation is 1. The van der Waals surface area contributed by atoms with Crippen molar-refractivity contribution in [1.29, 1.82) is 0 Å². The lowest BCUT2D eigenvalue weighted by atomic mass is 10.1. The van der Waals surface area contributed by atoms with E-state index in [1.54, 1.807) is 24.3 Å². The SMILES string of the molecule is Cc1ccccc1CS(=O)(=O)N[C@@H](C)C(=O)NCc1ccc2c(c1)OCO2. The Labute approximate surface area is 158 Å². The summed E-state index contributed by atoms with van der Waals surface area (Å²) in [4.78, 5) is 12.3. The van der Waals surface area contributed by atoms with E-state index >= 15 is 0 Å². The Kier molecular flexibility index (Phi) is 5.67. The molecule has 0 aromatic heterocycles. The molecular weight excluding hydrogens is 368 g/mol. The van der Waals surface area contributed by atoms with Crippen LogP contribution in [-0.2, 0) is 27.1 Å². The Morgan fingerprint density at radius 3 is 2.67 bits per heavy atom. The zero-order chi connectivity index (χ0) is 19.4. The first-order valence-electron chi connectivity index (χ1n) is 8.55. The second-order valence-electron chi connectivity index (χ2n) is 6.43. The molecule has 7 nitrogen and oxygen atoms in total. The van der Waals surface area contributed by atoms with Crippen LogP contribution in [0.4, 0.5) is 0 Å². The zero-order valence-electron chi connectivity index (χ0n) is 15.2. The van der Waals surface area contributed by atoms with Crippen LogP contribution in [-0.4, -0.2) is 27.2 Å². The second-order valence-corrected chi connectivity index (χ2v) is 8.18. The molecule has 1 heterocycles. The topological polar surface area (TPSA) is 93.7 Å². The average Bonchev–Trinajstić information content (AvgIpc) is 3.08. The first-order valence-corrected chi connectivity index (χ1v) is 10.2. The lowest BCUT2D eigenvalue weighted by Crippen LogP contribution is -2.44. The smallest absolute Gasteiger partial charge is 0.238 e.